The summed E-state index contributed by atoms with van der Waals surface area (Å²) in [4.78, 5) is 0. The van der Waals surface area contributed by atoms with E-state index in [1.807, 2.05) is 62.3 Å². The Bertz CT molecular complexity index is 2540. The van der Waals surface area contributed by atoms with Gasteiger partial charge in [0.25, 0.3) is 0 Å². The molecule has 2 atom stereocenters. The molecule has 0 aliphatic carbocycles. The number of ether oxygens (including phenoxy) is 13. The minimum Gasteiger partial charge on any atom is -0.516 e. The predicted molar refractivity (Wildman–Crippen MR) is 421 cm³/mol. The summed E-state index contributed by atoms with van der Waals surface area (Å²) in [5.41, 5.74) is 10.4. The fraction of sp³-hybridized carbons (Fsp3) is 0.473. The van der Waals surface area contributed by atoms with Gasteiger partial charge in [-0.1, -0.05) is 153 Å². The highest BCUT2D eigenvalue weighted by atomic mass is 80.0. The van der Waals surface area contributed by atoms with Gasteiger partial charge < -0.3 is 71.8 Å². The molecular weight excluding hydrogens is 1550 g/mol. The van der Waals surface area contributed by atoms with Crippen LogP contribution < -0.4 is 15.9 Å². The predicted octanol–water partition coefficient (Wildman–Crippen LogP) is 20.4. The van der Waals surface area contributed by atoms with E-state index in [2.05, 4.69) is 192 Å². The van der Waals surface area contributed by atoms with Gasteiger partial charge in [0.15, 0.2) is 12.6 Å². The maximum absolute atomic E-state index is 8.58. The van der Waals surface area contributed by atoms with Gasteiger partial charge in [0.2, 0.25) is 0 Å². The van der Waals surface area contributed by atoms with Crippen molar-refractivity contribution in [2.24, 2.45) is 0 Å². The van der Waals surface area contributed by atoms with Gasteiger partial charge in [-0.15, -0.1) is 11.6 Å². The fourth-order valence-corrected chi connectivity index (χ4v) is 10.8. The van der Waals surface area contributed by atoms with Crippen molar-refractivity contribution in [1.29, 1.82) is 0 Å². The Labute approximate surface area is 617 Å². The maximum Gasteiger partial charge on any atom is 0.160 e. The molecule has 22 heteroatoms. The third-order valence-corrected chi connectivity index (χ3v) is 16.0. The molecule has 0 spiro atoms. The lowest BCUT2D eigenvalue weighted by Gasteiger charge is -2.28. The molecule has 2 aliphatic rings. The van der Waals surface area contributed by atoms with E-state index in [1.165, 1.54) is 22.3 Å². The number of allylic oxidation sites excluding steroid dienone is 1. The van der Waals surface area contributed by atoms with Gasteiger partial charge in [0, 0.05) is 25.1 Å². The highest BCUT2D eigenvalue weighted by molar-refractivity contribution is 9.93. The van der Waals surface area contributed by atoms with Crippen molar-refractivity contribution in [1.82, 2.24) is 0 Å². The molecule has 0 aromatic heterocycles. The number of rotatable bonds is 35. The third kappa shape index (κ3) is 58.4. The summed E-state index contributed by atoms with van der Waals surface area (Å²) in [6.45, 7) is 42.0. The smallest absolute Gasteiger partial charge is 0.160 e. The normalized spacial score (nSPS) is 14.7. The Morgan fingerprint density at radius 1 is 0.490 bits per heavy atom. The van der Waals surface area contributed by atoms with Crippen LogP contribution in [-0.2, 0) is 61.6 Å². The van der Waals surface area contributed by atoms with Crippen LogP contribution in [0.1, 0.15) is 115 Å². The minimum absolute atomic E-state index is 0. The van der Waals surface area contributed by atoms with Crippen molar-refractivity contribution in [3.05, 3.63) is 211 Å². The minimum atomic E-state index is -2.08. The van der Waals surface area contributed by atoms with Crippen LogP contribution in [0, 0.1) is 0 Å². The van der Waals surface area contributed by atoms with E-state index < -0.39 is 6.89 Å². The van der Waals surface area contributed by atoms with Crippen molar-refractivity contribution in [3.63, 3.8) is 0 Å². The van der Waals surface area contributed by atoms with Crippen molar-refractivity contribution in [2.45, 2.75) is 128 Å². The Morgan fingerprint density at radius 3 is 1.08 bits per heavy atom. The molecule has 2 fully saturated rings. The molecule has 96 heavy (non-hydrogen) atoms. The number of aliphatic hydroxyl groups excluding tert-OH is 2. The van der Waals surface area contributed by atoms with Crippen LogP contribution in [-0.4, -0.2) is 133 Å². The van der Waals surface area contributed by atoms with Gasteiger partial charge >= 0.3 is 0 Å². The first-order chi connectivity index (χ1) is 45.5. The van der Waals surface area contributed by atoms with Gasteiger partial charge in [0.05, 0.1) is 64.3 Å². The van der Waals surface area contributed by atoms with Gasteiger partial charge in [0.1, 0.15) is 56.4 Å². The lowest BCUT2D eigenvalue weighted by Crippen LogP contribution is -2.27. The summed E-state index contributed by atoms with van der Waals surface area (Å²) >= 11 is 17.9. The molecule has 0 amide bonds. The third-order valence-electron chi connectivity index (χ3n) is 11.4. The molecular formula is C74H113Br4ClO15P2. The van der Waals surface area contributed by atoms with E-state index in [-0.39, 0.29) is 44.4 Å². The number of benzene rings is 3. The van der Waals surface area contributed by atoms with E-state index in [0.29, 0.717) is 70.9 Å². The van der Waals surface area contributed by atoms with E-state index in [1.54, 1.807) is 32.0 Å². The van der Waals surface area contributed by atoms with Crippen LogP contribution in [0.5, 0.6) is 0 Å². The summed E-state index contributed by atoms with van der Waals surface area (Å²) in [6.07, 6.45) is 14.1. The number of hydrogen-bond donors (Lipinski definition) is 2. The average molecular weight is 1660 g/mol. The first kappa shape index (κ1) is 96.8. The average Bonchev–Trinajstić information content (AvgIpc) is 0.763. The lowest BCUT2D eigenvalue weighted by molar-refractivity contribution is -0.207. The lowest BCUT2D eigenvalue weighted by atomic mass is 10.2. The molecule has 0 saturated carbocycles. The van der Waals surface area contributed by atoms with Crippen molar-refractivity contribution in [2.75, 3.05) is 104 Å². The molecule has 2 saturated heterocycles. The van der Waals surface area contributed by atoms with Crippen LogP contribution in [0.2, 0.25) is 0 Å². The molecule has 0 bridgehead atoms. The van der Waals surface area contributed by atoms with Crippen LogP contribution in [0.15, 0.2) is 211 Å². The van der Waals surface area contributed by atoms with Gasteiger partial charge in [-0.3, -0.25) is 0 Å². The number of aliphatic hydroxyl groups is 2. The van der Waals surface area contributed by atoms with E-state index in [0.717, 1.165) is 107 Å². The molecule has 3 aromatic carbocycles. The maximum atomic E-state index is 8.58. The monoisotopic (exact) mass is 1650 g/mol. The van der Waals surface area contributed by atoms with Gasteiger partial charge in [-0.05, 0) is 227 Å². The van der Waals surface area contributed by atoms with Gasteiger partial charge in [-0.2, -0.15) is 0 Å². The zero-order chi connectivity index (χ0) is 71.3. The van der Waals surface area contributed by atoms with Crippen molar-refractivity contribution in [3.8, 4) is 0 Å². The number of alkyl halides is 2. The Kier molecular flexibility index (Phi) is 66.7. The second-order valence-electron chi connectivity index (χ2n) is 22.1. The topological polar surface area (TPSA) is 160 Å². The first-order valence-corrected chi connectivity index (χ1v) is 41.8. The zero-order valence-corrected chi connectivity index (χ0v) is 66.7. The summed E-state index contributed by atoms with van der Waals surface area (Å²) in [6, 6.07) is 32.0. The van der Waals surface area contributed by atoms with Crippen LogP contribution >= 0.6 is 84.9 Å². The van der Waals surface area contributed by atoms with E-state index in [9.17, 15) is 0 Å². The van der Waals surface area contributed by atoms with Crippen LogP contribution in [0.25, 0.3) is 0 Å². The molecule has 544 valence electrons. The first-order valence-electron chi connectivity index (χ1n) is 30.9. The number of hydrogen-bond acceptors (Lipinski definition) is 15. The van der Waals surface area contributed by atoms with Crippen molar-refractivity contribution < 1.29 is 71.8 Å². The van der Waals surface area contributed by atoms with Gasteiger partial charge in [-0.25, -0.2) is 0 Å². The highest BCUT2D eigenvalue weighted by Gasteiger charge is 2.25. The standard InChI is InChI=1S/C27H29O2P.C14H24O4.C10H18O4.C9H15BrO2.C9H16O3.C4H7Cl.CH4.Br3P/c1-23(2)19-28-20-24(3)21-29-22-30(25-13-7-4-8-14-25,26-15-9-5-10-16-26)27-17-11-6-12-18-27;1-12(2)8-15-9-13(3)10-16-11-18-14-6-4-5-7-17-14;1-9(6-11)7-12-8-14-10-4-2-3-5-13-10;2*1-8(2)4-11-5-9(3)6-12-7-10;1-4(2)3-5;;1-4(2)3/h4-18,20,22H,1,19,21H2,2-3H3;9,14H,1,4-8,10-11H2,2-3H3;6,10-11H,2-5,7-8H2,1H3;5H,1,4,6-7H2,2-3H3;5,10H,1,4,6-7H2,2-3H3;1,3H2,2H3;1H4;/b24-20+;13-9+;9-6+;2*9-5+;;;. The molecule has 0 radical (unpaired) electrons. The summed E-state index contributed by atoms with van der Waals surface area (Å²) in [7, 11) is 0. The number of halogens is 5. The molecule has 2 unspecified atom stereocenters. The Morgan fingerprint density at radius 2 is 0.802 bits per heavy atom. The van der Waals surface area contributed by atoms with Crippen LogP contribution in [0.3, 0.4) is 0 Å². The Hall–Kier alpha value is -3.40. The molecule has 5 rings (SSSR count). The van der Waals surface area contributed by atoms with Crippen LogP contribution in [0.4, 0.5) is 0 Å². The SMILES string of the molecule is BrP(Br)Br.C.C/C(=C\O)COCOC1CCCCO1.C=C(C)CCl.C=C(C)CO/C=C(\C)COC=P(c1ccccc1)(c1ccccc1)c1ccccc1.C=C(C)CO/C=C(\C)COCBr.C=C(C)CO/C=C(\C)COCO.C=C(C)CO/C=C(\C)COCOC1CCCCO1. The second kappa shape index (κ2) is 66.2. The second-order valence-corrected chi connectivity index (χ2v) is 41.4. The zero-order valence-electron chi connectivity index (χ0n) is 57.9. The summed E-state index contributed by atoms with van der Waals surface area (Å²) < 4.78 is 69.1. The van der Waals surface area contributed by atoms with E-state index in [4.69, 9.17) is 83.4 Å². The quantitative estimate of drug-likeness (QED) is 0.0143. The molecule has 15 nitrogen and oxygen atoms in total. The fourth-order valence-electron chi connectivity index (χ4n) is 7.12. The van der Waals surface area contributed by atoms with E-state index >= 15 is 0 Å². The molecule has 3 aromatic rings. The largest absolute Gasteiger partial charge is 0.516 e. The molecule has 2 N–H and O–H groups in total. The van der Waals surface area contributed by atoms with Crippen molar-refractivity contribution >= 4 is 107 Å². The molecule has 2 heterocycles. The summed E-state index contributed by atoms with van der Waals surface area (Å²) in [5.74, 6) is 2.66. The molecule has 2 aliphatic heterocycles. The summed E-state index contributed by atoms with van der Waals surface area (Å²) in [5, 5.41) is 20.7. The Balaban J connectivity index is -0.00000114. The highest BCUT2D eigenvalue weighted by Crippen LogP contribution is 2.59.